The maximum atomic E-state index is 4.31. The van der Waals surface area contributed by atoms with Gasteiger partial charge in [-0.1, -0.05) is 30.3 Å². The molecule has 0 radical (unpaired) electrons. The maximum absolute atomic E-state index is 4.31. The van der Waals surface area contributed by atoms with E-state index in [2.05, 4.69) is 21.9 Å². The summed E-state index contributed by atoms with van der Waals surface area (Å²) in [5.74, 6) is 0. The highest BCUT2D eigenvalue weighted by molar-refractivity contribution is 6.38. The smallest absolute Gasteiger partial charge is 0.0847 e. The lowest BCUT2D eigenvalue weighted by molar-refractivity contribution is 1.13. The molecule has 0 atom stereocenters. The Bertz CT molecular complexity index is 339. The summed E-state index contributed by atoms with van der Waals surface area (Å²) in [6, 6.07) is 9.88. The van der Waals surface area contributed by atoms with E-state index in [0.717, 1.165) is 17.8 Å². The quantitative estimate of drug-likeness (QED) is 0.512. The van der Waals surface area contributed by atoms with Crippen molar-refractivity contribution in [1.82, 2.24) is 0 Å². The Morgan fingerprint density at radius 3 is 2.64 bits per heavy atom. The zero-order chi connectivity index (χ0) is 10.2. The third-order valence-corrected chi connectivity index (χ3v) is 1.66. The van der Waals surface area contributed by atoms with Gasteiger partial charge in [-0.15, -0.1) is 0 Å². The van der Waals surface area contributed by atoms with Gasteiger partial charge < -0.3 is 0 Å². The third-order valence-electron chi connectivity index (χ3n) is 1.66. The van der Waals surface area contributed by atoms with Gasteiger partial charge in [0.15, 0.2) is 0 Å². The number of hydrogen-bond acceptors (Lipinski definition) is 3. The van der Waals surface area contributed by atoms with Crippen molar-refractivity contribution >= 4 is 18.6 Å². The molecule has 0 spiro atoms. The summed E-state index contributed by atoms with van der Waals surface area (Å²) in [6.07, 6.45) is 1.62. The second kappa shape index (κ2) is 5.80. The molecule has 0 aliphatic rings. The molecule has 0 saturated carbocycles. The molecule has 0 aliphatic carbocycles. The van der Waals surface area contributed by atoms with E-state index in [4.69, 9.17) is 0 Å². The molecule has 0 heterocycles. The van der Waals surface area contributed by atoms with Crippen LogP contribution in [0.1, 0.15) is 12.5 Å². The van der Waals surface area contributed by atoms with E-state index in [9.17, 15) is 0 Å². The highest BCUT2D eigenvalue weighted by atomic mass is 15.2. The summed E-state index contributed by atoms with van der Waals surface area (Å²) in [4.78, 5) is 4.31. The molecule has 72 valence electrons. The van der Waals surface area contributed by atoms with Crippen LogP contribution in [0.4, 0.5) is 0 Å². The van der Waals surface area contributed by atoms with Crippen molar-refractivity contribution in [3.8, 4) is 0 Å². The van der Waals surface area contributed by atoms with Crippen LogP contribution in [-0.4, -0.2) is 25.2 Å². The number of nitrogens with zero attached hydrogens (tertiary/aromatic N) is 3. The summed E-state index contributed by atoms with van der Waals surface area (Å²) < 4.78 is 0. The molecule has 3 nitrogen and oxygen atoms in total. The third kappa shape index (κ3) is 2.94. The Kier molecular flexibility index (Phi) is 4.27. The van der Waals surface area contributed by atoms with Gasteiger partial charge in [0.05, 0.1) is 11.9 Å². The second-order valence-corrected chi connectivity index (χ2v) is 2.61. The van der Waals surface area contributed by atoms with E-state index in [0.29, 0.717) is 0 Å². The highest BCUT2D eigenvalue weighted by Gasteiger charge is 1.97. The molecule has 1 aromatic rings. The minimum absolute atomic E-state index is 0.730. The molecule has 0 aliphatic heterocycles. The van der Waals surface area contributed by atoms with Crippen LogP contribution in [0.2, 0.25) is 0 Å². The van der Waals surface area contributed by atoms with Crippen molar-refractivity contribution in [2.24, 2.45) is 15.2 Å². The van der Waals surface area contributed by atoms with Gasteiger partial charge in [0, 0.05) is 18.8 Å². The van der Waals surface area contributed by atoms with Crippen LogP contribution >= 0.6 is 0 Å². The van der Waals surface area contributed by atoms with E-state index < -0.39 is 0 Å². The summed E-state index contributed by atoms with van der Waals surface area (Å²) in [5, 5.41) is 7.15. The fourth-order valence-corrected chi connectivity index (χ4v) is 1.08. The van der Waals surface area contributed by atoms with Gasteiger partial charge in [-0.05, 0) is 6.92 Å². The summed E-state index contributed by atoms with van der Waals surface area (Å²) in [5.41, 5.74) is 1.88. The van der Waals surface area contributed by atoms with Gasteiger partial charge in [0.25, 0.3) is 0 Å². The first-order valence-electron chi connectivity index (χ1n) is 4.47. The van der Waals surface area contributed by atoms with Gasteiger partial charge >= 0.3 is 0 Å². The summed E-state index contributed by atoms with van der Waals surface area (Å²) in [6.45, 7) is 6.00. The predicted octanol–water partition coefficient (Wildman–Crippen LogP) is 2.18. The summed E-state index contributed by atoms with van der Waals surface area (Å²) in [7, 11) is 0. The molecular weight excluding hydrogens is 174 g/mol. The summed E-state index contributed by atoms with van der Waals surface area (Å²) >= 11 is 0. The molecule has 0 N–H and O–H groups in total. The van der Waals surface area contributed by atoms with Crippen molar-refractivity contribution < 1.29 is 0 Å². The van der Waals surface area contributed by atoms with Crippen LogP contribution in [0.3, 0.4) is 0 Å². The lowest BCUT2D eigenvalue weighted by atomic mass is 10.1. The molecule has 1 rings (SSSR count). The van der Waals surface area contributed by atoms with Gasteiger partial charge in [-0.3, -0.25) is 4.99 Å². The fraction of sp³-hybridized carbons (Fsp3) is 0.182. The highest BCUT2D eigenvalue weighted by Crippen LogP contribution is 2.00. The van der Waals surface area contributed by atoms with Gasteiger partial charge in [0.1, 0.15) is 0 Å². The lowest BCUT2D eigenvalue weighted by Crippen LogP contribution is -2.02. The Morgan fingerprint density at radius 2 is 2.07 bits per heavy atom. The van der Waals surface area contributed by atoms with Crippen molar-refractivity contribution in [3.05, 3.63) is 35.9 Å². The first kappa shape index (κ1) is 10.3. The SMILES string of the molecule is C=N/N=C\C(=NCC)c1ccccc1. The minimum Gasteiger partial charge on any atom is -0.283 e. The topological polar surface area (TPSA) is 37.1 Å². The van der Waals surface area contributed by atoms with Gasteiger partial charge in [0.2, 0.25) is 0 Å². The minimum atomic E-state index is 0.730. The van der Waals surface area contributed by atoms with E-state index in [-0.39, 0.29) is 0 Å². The van der Waals surface area contributed by atoms with Gasteiger partial charge in [-0.25, -0.2) is 0 Å². The zero-order valence-corrected chi connectivity index (χ0v) is 8.22. The van der Waals surface area contributed by atoms with Crippen LogP contribution < -0.4 is 0 Å². The predicted molar refractivity (Wildman–Crippen MR) is 61.6 cm³/mol. The van der Waals surface area contributed by atoms with E-state index in [1.165, 1.54) is 0 Å². The van der Waals surface area contributed by atoms with Crippen molar-refractivity contribution in [2.75, 3.05) is 6.54 Å². The average molecular weight is 187 g/mol. The Balaban J connectivity index is 2.95. The van der Waals surface area contributed by atoms with E-state index >= 15 is 0 Å². The van der Waals surface area contributed by atoms with Crippen molar-refractivity contribution in [1.29, 1.82) is 0 Å². The first-order valence-corrected chi connectivity index (χ1v) is 4.47. The molecule has 0 amide bonds. The normalized spacial score (nSPS) is 11.9. The van der Waals surface area contributed by atoms with Crippen LogP contribution in [0.5, 0.6) is 0 Å². The van der Waals surface area contributed by atoms with Crippen LogP contribution in [0.25, 0.3) is 0 Å². The molecule has 3 heteroatoms. The Labute approximate surface area is 83.9 Å². The largest absolute Gasteiger partial charge is 0.283 e. The van der Waals surface area contributed by atoms with Crippen LogP contribution in [0, 0.1) is 0 Å². The number of rotatable bonds is 4. The number of hydrogen-bond donors (Lipinski definition) is 0. The van der Waals surface area contributed by atoms with E-state index in [1.807, 2.05) is 37.3 Å². The molecule has 0 fully saturated rings. The maximum Gasteiger partial charge on any atom is 0.0847 e. The molecule has 14 heavy (non-hydrogen) atoms. The average Bonchev–Trinajstić information content (AvgIpc) is 2.25. The Morgan fingerprint density at radius 1 is 1.36 bits per heavy atom. The van der Waals surface area contributed by atoms with Crippen LogP contribution in [0.15, 0.2) is 45.5 Å². The molecule has 0 aromatic heterocycles. The molecule has 0 unspecified atom stereocenters. The molecular formula is C11H13N3. The molecule has 1 aromatic carbocycles. The number of benzene rings is 1. The van der Waals surface area contributed by atoms with Gasteiger partial charge in [-0.2, -0.15) is 10.2 Å². The standard InChI is InChI=1S/C11H13N3/c1-3-13-11(9-14-12-2)10-7-5-4-6-8-10/h4-9H,2-3H2,1H3/b13-11?,14-9-. The molecule has 0 saturated heterocycles. The number of aliphatic imine (C=N–C) groups is 1. The Hall–Kier alpha value is -1.77. The monoisotopic (exact) mass is 187 g/mol. The fourth-order valence-electron chi connectivity index (χ4n) is 1.08. The first-order chi connectivity index (χ1) is 6.88. The van der Waals surface area contributed by atoms with E-state index in [1.54, 1.807) is 6.21 Å². The second-order valence-electron chi connectivity index (χ2n) is 2.61. The molecule has 0 bridgehead atoms. The lowest BCUT2D eigenvalue weighted by Gasteiger charge is -1.98. The zero-order valence-electron chi connectivity index (χ0n) is 8.22. The van der Waals surface area contributed by atoms with Crippen molar-refractivity contribution in [2.45, 2.75) is 6.92 Å². The van der Waals surface area contributed by atoms with Crippen LogP contribution in [-0.2, 0) is 0 Å². The van der Waals surface area contributed by atoms with Crippen molar-refractivity contribution in [3.63, 3.8) is 0 Å².